The lowest BCUT2D eigenvalue weighted by molar-refractivity contribution is -0.146. The van der Waals surface area contributed by atoms with Gasteiger partial charge in [-0.05, 0) is 18.9 Å². The van der Waals surface area contributed by atoms with Crippen molar-refractivity contribution < 1.29 is 19.4 Å². The third-order valence-electron chi connectivity index (χ3n) is 3.11. The molecule has 0 aliphatic heterocycles. The number of ketones is 1. The first-order valence-electron chi connectivity index (χ1n) is 6.38. The van der Waals surface area contributed by atoms with Gasteiger partial charge in [-0.2, -0.15) is 0 Å². The molecule has 0 aliphatic rings. The van der Waals surface area contributed by atoms with E-state index in [1.54, 1.807) is 6.92 Å². The van der Waals surface area contributed by atoms with Gasteiger partial charge >= 0.3 is 5.97 Å². The third-order valence-corrected chi connectivity index (χ3v) is 3.11. The van der Waals surface area contributed by atoms with Crippen LogP contribution in [0.15, 0.2) is 30.3 Å². The predicted octanol–water partition coefficient (Wildman–Crippen LogP) is 2.10. The van der Waals surface area contributed by atoms with Gasteiger partial charge in [-0.25, -0.2) is 0 Å². The molecule has 0 unspecified atom stereocenters. The summed E-state index contributed by atoms with van der Waals surface area (Å²) in [7, 11) is 0. The van der Waals surface area contributed by atoms with E-state index in [1.165, 1.54) is 6.92 Å². The number of rotatable bonds is 7. The average molecular weight is 264 g/mol. The normalized spacial score (nSPS) is 13.6. The second-order valence-electron chi connectivity index (χ2n) is 4.65. The molecule has 19 heavy (non-hydrogen) atoms. The lowest BCUT2D eigenvalue weighted by atomic mass is 9.97. The van der Waals surface area contributed by atoms with Crippen LogP contribution in [0.4, 0.5) is 0 Å². The molecule has 1 aromatic rings. The maximum absolute atomic E-state index is 11.5. The molecule has 0 aliphatic carbocycles. The van der Waals surface area contributed by atoms with Crippen molar-refractivity contribution in [3.05, 3.63) is 35.9 Å². The largest absolute Gasteiger partial charge is 0.461 e. The van der Waals surface area contributed by atoms with Gasteiger partial charge < -0.3 is 9.84 Å². The van der Waals surface area contributed by atoms with Gasteiger partial charge in [0.05, 0.1) is 6.10 Å². The molecular weight excluding hydrogens is 244 g/mol. The van der Waals surface area contributed by atoms with Crippen molar-refractivity contribution in [2.45, 2.75) is 39.4 Å². The molecular formula is C15H20O4. The number of aliphatic hydroxyl groups is 1. The number of carbonyl (C=O) groups is 2. The van der Waals surface area contributed by atoms with Gasteiger partial charge in [-0.3, -0.25) is 9.59 Å². The Morgan fingerprint density at radius 1 is 1.26 bits per heavy atom. The van der Waals surface area contributed by atoms with Crippen molar-refractivity contribution in [2.24, 2.45) is 5.92 Å². The Bertz CT molecular complexity index is 413. The topological polar surface area (TPSA) is 63.6 Å². The quantitative estimate of drug-likeness (QED) is 0.766. The molecule has 1 aromatic carbocycles. The molecule has 0 aromatic heterocycles. The monoisotopic (exact) mass is 264 g/mol. The van der Waals surface area contributed by atoms with Gasteiger partial charge in [0.15, 0.2) is 0 Å². The van der Waals surface area contributed by atoms with Crippen molar-refractivity contribution in [3.63, 3.8) is 0 Å². The number of Topliss-reactive ketones (excluding diaryl/α,β-unsaturated/α-hetero) is 1. The highest BCUT2D eigenvalue weighted by Crippen LogP contribution is 2.11. The fourth-order valence-corrected chi connectivity index (χ4v) is 1.60. The van der Waals surface area contributed by atoms with Crippen LogP contribution in [0.5, 0.6) is 0 Å². The Kier molecular flexibility index (Phi) is 6.22. The van der Waals surface area contributed by atoms with E-state index < -0.39 is 12.0 Å². The number of aliphatic hydroxyl groups excluding tert-OH is 1. The molecule has 1 N–H and O–H groups in total. The summed E-state index contributed by atoms with van der Waals surface area (Å²) in [6.45, 7) is 3.32. The molecule has 2 atom stereocenters. The fraction of sp³-hybridized carbons (Fsp3) is 0.467. The molecule has 4 heteroatoms. The van der Waals surface area contributed by atoms with Crippen LogP contribution in [-0.2, 0) is 20.9 Å². The van der Waals surface area contributed by atoms with Crippen molar-refractivity contribution in [1.29, 1.82) is 0 Å². The number of carbonyl (C=O) groups excluding carboxylic acids is 2. The summed E-state index contributed by atoms with van der Waals surface area (Å²) in [5, 5.41) is 9.69. The molecule has 104 valence electrons. The minimum atomic E-state index is -0.790. The van der Waals surface area contributed by atoms with Crippen LogP contribution in [-0.4, -0.2) is 23.0 Å². The first-order valence-corrected chi connectivity index (χ1v) is 6.38. The van der Waals surface area contributed by atoms with Gasteiger partial charge in [-0.1, -0.05) is 37.3 Å². The lowest BCUT2D eigenvalue weighted by Crippen LogP contribution is -2.24. The van der Waals surface area contributed by atoms with Crippen LogP contribution in [0.1, 0.15) is 32.3 Å². The van der Waals surface area contributed by atoms with E-state index in [-0.39, 0.29) is 31.2 Å². The summed E-state index contributed by atoms with van der Waals surface area (Å²) < 4.78 is 5.08. The van der Waals surface area contributed by atoms with Crippen LogP contribution in [0.2, 0.25) is 0 Å². The third kappa shape index (κ3) is 5.66. The molecule has 0 spiro atoms. The minimum absolute atomic E-state index is 0.0786. The van der Waals surface area contributed by atoms with Crippen LogP contribution in [0, 0.1) is 5.92 Å². The van der Waals surface area contributed by atoms with E-state index >= 15 is 0 Å². The van der Waals surface area contributed by atoms with Crippen molar-refractivity contribution in [1.82, 2.24) is 0 Å². The van der Waals surface area contributed by atoms with E-state index in [4.69, 9.17) is 4.74 Å². The second kappa shape index (κ2) is 7.69. The summed E-state index contributed by atoms with van der Waals surface area (Å²) in [5.41, 5.74) is 0.925. The van der Waals surface area contributed by atoms with E-state index in [2.05, 4.69) is 0 Å². The Hall–Kier alpha value is -1.68. The highest BCUT2D eigenvalue weighted by atomic mass is 16.5. The van der Waals surface area contributed by atoms with Crippen LogP contribution in [0.25, 0.3) is 0 Å². The summed E-state index contributed by atoms with van der Waals surface area (Å²) in [4.78, 5) is 22.6. The zero-order chi connectivity index (χ0) is 14.3. The van der Waals surface area contributed by atoms with Gasteiger partial charge in [0, 0.05) is 12.3 Å². The Labute approximate surface area is 113 Å². The smallest absolute Gasteiger partial charge is 0.306 e. The molecule has 1 rings (SSSR count). The van der Waals surface area contributed by atoms with E-state index in [9.17, 15) is 14.7 Å². The van der Waals surface area contributed by atoms with Gasteiger partial charge in [-0.15, -0.1) is 0 Å². The summed E-state index contributed by atoms with van der Waals surface area (Å²) >= 11 is 0. The van der Waals surface area contributed by atoms with Crippen LogP contribution >= 0.6 is 0 Å². The molecule has 0 radical (unpaired) electrons. The fourth-order valence-electron chi connectivity index (χ4n) is 1.60. The van der Waals surface area contributed by atoms with Crippen molar-refractivity contribution in [2.75, 3.05) is 0 Å². The molecule has 0 saturated heterocycles. The van der Waals surface area contributed by atoms with E-state index in [0.29, 0.717) is 0 Å². The number of hydrogen-bond acceptors (Lipinski definition) is 4. The number of esters is 1. The van der Waals surface area contributed by atoms with Gasteiger partial charge in [0.1, 0.15) is 12.4 Å². The molecule has 0 bridgehead atoms. The van der Waals surface area contributed by atoms with Crippen LogP contribution in [0.3, 0.4) is 0 Å². The van der Waals surface area contributed by atoms with Crippen LogP contribution < -0.4 is 0 Å². The average Bonchev–Trinajstić information content (AvgIpc) is 2.42. The second-order valence-corrected chi connectivity index (χ2v) is 4.65. The number of ether oxygens (including phenoxy) is 1. The van der Waals surface area contributed by atoms with Gasteiger partial charge in [0.25, 0.3) is 0 Å². The molecule has 4 nitrogen and oxygen atoms in total. The summed E-state index contributed by atoms with van der Waals surface area (Å²) in [5.74, 6) is -0.884. The molecule has 0 heterocycles. The first-order chi connectivity index (χ1) is 9.00. The van der Waals surface area contributed by atoms with Gasteiger partial charge in [0.2, 0.25) is 0 Å². The number of hydrogen-bond donors (Lipinski definition) is 1. The number of benzene rings is 1. The SMILES string of the molecule is CC(=O)[C@@H](C)[C@H](O)CCC(=O)OCc1ccccc1. The molecule has 0 saturated carbocycles. The highest BCUT2D eigenvalue weighted by molar-refractivity contribution is 5.78. The Balaban J connectivity index is 2.27. The molecule has 0 amide bonds. The summed E-state index contributed by atoms with van der Waals surface area (Å²) in [6.07, 6.45) is -0.429. The Morgan fingerprint density at radius 3 is 2.47 bits per heavy atom. The zero-order valence-electron chi connectivity index (χ0n) is 11.3. The molecule has 0 fully saturated rings. The highest BCUT2D eigenvalue weighted by Gasteiger charge is 2.19. The minimum Gasteiger partial charge on any atom is -0.461 e. The first kappa shape index (κ1) is 15.4. The Morgan fingerprint density at radius 2 is 1.89 bits per heavy atom. The van der Waals surface area contributed by atoms with Crippen molar-refractivity contribution in [3.8, 4) is 0 Å². The van der Waals surface area contributed by atoms with E-state index in [0.717, 1.165) is 5.56 Å². The maximum Gasteiger partial charge on any atom is 0.306 e. The van der Waals surface area contributed by atoms with E-state index in [1.807, 2.05) is 30.3 Å². The standard InChI is InChI=1S/C15H20O4/c1-11(12(2)16)14(17)8-9-15(18)19-10-13-6-4-3-5-7-13/h3-7,11,14,17H,8-10H2,1-2H3/t11-,14-/m1/s1. The summed E-state index contributed by atoms with van der Waals surface area (Å²) in [6, 6.07) is 9.40. The van der Waals surface area contributed by atoms with Crippen molar-refractivity contribution >= 4 is 11.8 Å². The maximum atomic E-state index is 11.5. The zero-order valence-corrected chi connectivity index (χ0v) is 11.3. The lowest BCUT2D eigenvalue weighted by Gasteiger charge is -2.15. The predicted molar refractivity (Wildman–Crippen MR) is 71.3 cm³/mol.